The number of rotatable bonds is 6. The first-order valence-electron chi connectivity index (χ1n) is 6.11. The number of carbonyl (C=O) groups is 1. The monoisotopic (exact) mass is 250 g/mol. The van der Waals surface area contributed by atoms with Crippen LogP contribution in [0.25, 0.3) is 0 Å². The third-order valence-electron chi connectivity index (χ3n) is 2.90. The van der Waals surface area contributed by atoms with E-state index in [9.17, 15) is 4.79 Å². The minimum Gasteiger partial charge on any atom is -0.365 e. The van der Waals surface area contributed by atoms with E-state index in [1.165, 1.54) is 17.3 Å². The van der Waals surface area contributed by atoms with E-state index in [0.717, 1.165) is 25.0 Å². The van der Waals surface area contributed by atoms with Gasteiger partial charge in [0.2, 0.25) is 0 Å². The number of benzene rings is 1. The van der Waals surface area contributed by atoms with Gasteiger partial charge in [0, 0.05) is 12.7 Å². The molecule has 0 bridgehead atoms. The fraction of sp³-hybridized carbons (Fsp3) is 0.500. The van der Waals surface area contributed by atoms with Gasteiger partial charge in [0.25, 0.3) is 0 Å². The van der Waals surface area contributed by atoms with E-state index in [1.54, 1.807) is 6.92 Å². The molecular weight excluding hydrogens is 232 g/mol. The lowest BCUT2D eigenvalue weighted by molar-refractivity contribution is -0.109. The van der Waals surface area contributed by atoms with E-state index in [1.807, 2.05) is 6.07 Å². The van der Waals surface area contributed by atoms with Crippen LogP contribution in [0.1, 0.15) is 37.9 Å². The van der Waals surface area contributed by atoms with Crippen molar-refractivity contribution < 1.29 is 9.53 Å². The lowest BCUT2D eigenvalue weighted by Gasteiger charge is -1.97. The molecule has 0 aliphatic carbocycles. The fourth-order valence-corrected chi connectivity index (χ4v) is 2.60. The molecule has 1 aliphatic heterocycles. The molecule has 2 unspecified atom stereocenters. The summed E-state index contributed by atoms with van der Waals surface area (Å²) in [6, 6.07) is 10.4. The topological polar surface area (TPSA) is 29.6 Å². The molecule has 0 saturated carbocycles. The van der Waals surface area contributed by atoms with Crippen molar-refractivity contribution in [2.75, 3.05) is 5.75 Å². The second-order valence-corrected chi connectivity index (χ2v) is 5.61. The molecule has 0 aromatic heterocycles. The van der Waals surface area contributed by atoms with Crippen LogP contribution in [0, 0.1) is 0 Å². The highest BCUT2D eigenvalue weighted by atomic mass is 32.2. The molecule has 2 nitrogen and oxygen atoms in total. The Bertz CT molecular complexity index is 364. The Balaban J connectivity index is 1.59. The molecule has 2 atom stereocenters. The molecule has 17 heavy (non-hydrogen) atoms. The molecule has 0 amide bonds. The van der Waals surface area contributed by atoms with E-state index in [2.05, 4.69) is 24.3 Å². The molecule has 1 saturated heterocycles. The second-order valence-electron chi connectivity index (χ2n) is 4.34. The molecular formula is C14H18O2S. The van der Waals surface area contributed by atoms with Crippen LogP contribution in [0.5, 0.6) is 0 Å². The lowest BCUT2D eigenvalue weighted by atomic mass is 10.1. The highest BCUT2D eigenvalue weighted by Gasteiger charge is 2.38. The summed E-state index contributed by atoms with van der Waals surface area (Å²) < 4.78 is 5.66. The Morgan fingerprint density at radius 2 is 2.06 bits per heavy atom. The van der Waals surface area contributed by atoms with Gasteiger partial charge in [0.1, 0.15) is 6.10 Å². The van der Waals surface area contributed by atoms with E-state index in [0.29, 0.717) is 12.2 Å². The van der Waals surface area contributed by atoms with Gasteiger partial charge in [0.15, 0.2) is 5.12 Å². The van der Waals surface area contributed by atoms with Crippen LogP contribution >= 0.6 is 11.8 Å². The molecule has 1 aliphatic rings. The zero-order valence-corrected chi connectivity index (χ0v) is 10.9. The van der Waals surface area contributed by atoms with Crippen molar-refractivity contribution in [2.45, 2.75) is 38.4 Å². The summed E-state index contributed by atoms with van der Waals surface area (Å²) in [4.78, 5) is 10.7. The zero-order chi connectivity index (χ0) is 12.1. The Labute approximate surface area is 107 Å². The van der Waals surface area contributed by atoms with E-state index >= 15 is 0 Å². The first-order valence-corrected chi connectivity index (χ1v) is 7.09. The maximum absolute atomic E-state index is 10.7. The van der Waals surface area contributed by atoms with E-state index in [4.69, 9.17) is 4.74 Å². The number of epoxide rings is 1. The normalized spacial score (nSPS) is 22.4. The van der Waals surface area contributed by atoms with Crippen molar-refractivity contribution >= 4 is 16.9 Å². The van der Waals surface area contributed by atoms with Crippen LogP contribution in [-0.4, -0.2) is 17.0 Å². The smallest absolute Gasteiger partial charge is 0.185 e. The van der Waals surface area contributed by atoms with Crippen molar-refractivity contribution in [1.82, 2.24) is 0 Å². The molecule has 92 valence electrons. The summed E-state index contributed by atoms with van der Waals surface area (Å²) in [5, 5.41) is 0.217. The van der Waals surface area contributed by atoms with E-state index in [-0.39, 0.29) is 5.12 Å². The second kappa shape index (κ2) is 6.22. The molecule has 1 aromatic rings. The number of unbranched alkanes of at least 4 members (excludes halogenated alkanes) is 1. The van der Waals surface area contributed by atoms with Gasteiger partial charge in [-0.2, -0.15) is 0 Å². The summed E-state index contributed by atoms with van der Waals surface area (Å²) in [6.07, 6.45) is 4.08. The van der Waals surface area contributed by atoms with Crippen molar-refractivity contribution in [3.63, 3.8) is 0 Å². The van der Waals surface area contributed by atoms with Gasteiger partial charge >= 0.3 is 0 Å². The number of hydrogen-bond donors (Lipinski definition) is 0. The Hall–Kier alpha value is -0.800. The first-order chi connectivity index (χ1) is 8.27. The van der Waals surface area contributed by atoms with Crippen LogP contribution in [-0.2, 0) is 9.53 Å². The van der Waals surface area contributed by atoms with E-state index < -0.39 is 0 Å². The van der Waals surface area contributed by atoms with Crippen molar-refractivity contribution in [3.05, 3.63) is 35.9 Å². The van der Waals surface area contributed by atoms with Crippen LogP contribution in [0.15, 0.2) is 30.3 Å². The highest BCUT2D eigenvalue weighted by molar-refractivity contribution is 8.13. The van der Waals surface area contributed by atoms with Gasteiger partial charge in [-0.1, -0.05) is 42.1 Å². The Morgan fingerprint density at radius 1 is 1.29 bits per heavy atom. The molecule has 0 spiro atoms. The summed E-state index contributed by atoms with van der Waals surface area (Å²) in [6.45, 7) is 1.63. The maximum Gasteiger partial charge on any atom is 0.185 e. The predicted molar refractivity (Wildman–Crippen MR) is 71.0 cm³/mol. The van der Waals surface area contributed by atoms with Crippen molar-refractivity contribution in [3.8, 4) is 0 Å². The Morgan fingerprint density at radius 3 is 2.76 bits per heavy atom. The molecule has 1 heterocycles. The average molecular weight is 250 g/mol. The van der Waals surface area contributed by atoms with Crippen molar-refractivity contribution in [1.29, 1.82) is 0 Å². The average Bonchev–Trinajstić information content (AvgIpc) is 3.09. The molecule has 2 rings (SSSR count). The lowest BCUT2D eigenvalue weighted by Crippen LogP contribution is -1.91. The summed E-state index contributed by atoms with van der Waals surface area (Å²) in [5.74, 6) is 0.943. The summed E-state index contributed by atoms with van der Waals surface area (Å²) >= 11 is 1.42. The largest absolute Gasteiger partial charge is 0.365 e. The van der Waals surface area contributed by atoms with Gasteiger partial charge < -0.3 is 4.74 Å². The number of hydrogen-bond acceptors (Lipinski definition) is 3. The number of carbonyl (C=O) groups excluding carboxylic acids is 1. The molecule has 1 aromatic carbocycles. The van der Waals surface area contributed by atoms with Crippen LogP contribution in [0.2, 0.25) is 0 Å². The van der Waals surface area contributed by atoms with Crippen LogP contribution in [0.3, 0.4) is 0 Å². The third-order valence-corrected chi connectivity index (χ3v) is 3.80. The van der Waals surface area contributed by atoms with Gasteiger partial charge in [-0.3, -0.25) is 4.79 Å². The zero-order valence-electron chi connectivity index (χ0n) is 10.1. The van der Waals surface area contributed by atoms with Crippen LogP contribution < -0.4 is 0 Å². The quantitative estimate of drug-likeness (QED) is 0.571. The molecule has 0 radical (unpaired) electrons. The third kappa shape index (κ3) is 4.17. The first kappa shape index (κ1) is 12.7. The van der Waals surface area contributed by atoms with Crippen LogP contribution in [0.4, 0.5) is 0 Å². The highest BCUT2D eigenvalue weighted by Crippen LogP contribution is 2.41. The summed E-state index contributed by atoms with van der Waals surface area (Å²) in [5.41, 5.74) is 1.29. The fourth-order valence-electron chi connectivity index (χ4n) is 1.96. The molecule has 0 N–H and O–H groups in total. The number of thioether (sulfide) groups is 1. The minimum atomic E-state index is 0.217. The van der Waals surface area contributed by atoms with Gasteiger partial charge in [-0.05, 0) is 24.8 Å². The minimum absolute atomic E-state index is 0.217. The predicted octanol–water partition coefficient (Wildman–Crippen LogP) is 3.58. The van der Waals surface area contributed by atoms with Gasteiger partial charge in [-0.25, -0.2) is 0 Å². The SMILES string of the molecule is CC(=O)SCCCCC1OC1c1ccccc1. The van der Waals surface area contributed by atoms with Gasteiger partial charge in [-0.15, -0.1) is 0 Å². The standard InChI is InChI=1S/C14H18O2S/c1-11(15)17-10-6-5-9-13-14(16-13)12-7-3-2-4-8-12/h2-4,7-8,13-14H,5-6,9-10H2,1H3. The Kier molecular flexibility index (Phi) is 4.63. The summed E-state index contributed by atoms with van der Waals surface area (Å²) in [7, 11) is 0. The molecule has 3 heteroatoms. The number of ether oxygens (including phenoxy) is 1. The maximum atomic E-state index is 10.7. The van der Waals surface area contributed by atoms with Gasteiger partial charge in [0.05, 0.1) is 6.10 Å². The molecule has 1 fully saturated rings. The van der Waals surface area contributed by atoms with Crippen molar-refractivity contribution in [2.24, 2.45) is 0 Å².